The molecule has 1 aromatic carbocycles. The van der Waals surface area contributed by atoms with Crippen LogP contribution < -0.4 is 10.6 Å². The summed E-state index contributed by atoms with van der Waals surface area (Å²) in [5.74, 6) is 0.0163. The van der Waals surface area contributed by atoms with Crippen LogP contribution in [0.5, 0.6) is 0 Å². The molecule has 0 aromatic heterocycles. The lowest BCUT2D eigenvalue weighted by atomic mass is 10.2. The lowest BCUT2D eigenvalue weighted by Crippen LogP contribution is -2.32. The van der Waals surface area contributed by atoms with E-state index < -0.39 is 0 Å². The molecular weight excluding hydrogens is 315 g/mol. The second-order valence-corrected chi connectivity index (χ2v) is 5.13. The molecule has 86 valence electrons. The van der Waals surface area contributed by atoms with Crippen molar-refractivity contribution in [1.82, 2.24) is 10.6 Å². The van der Waals surface area contributed by atoms with Crippen molar-refractivity contribution in [2.24, 2.45) is 0 Å². The van der Waals surface area contributed by atoms with Crippen molar-refractivity contribution in [3.63, 3.8) is 0 Å². The molecule has 4 heteroatoms. The minimum atomic E-state index is 0.0163. The van der Waals surface area contributed by atoms with E-state index in [2.05, 4.69) is 33.2 Å². The van der Waals surface area contributed by atoms with Crippen molar-refractivity contribution in [1.29, 1.82) is 0 Å². The highest BCUT2D eigenvalue weighted by atomic mass is 127. The van der Waals surface area contributed by atoms with Gasteiger partial charge in [-0.15, -0.1) is 0 Å². The minimum Gasteiger partial charge on any atom is -0.351 e. The molecule has 0 saturated heterocycles. The first-order chi connectivity index (χ1) is 7.77. The van der Waals surface area contributed by atoms with Gasteiger partial charge < -0.3 is 10.6 Å². The van der Waals surface area contributed by atoms with E-state index in [1.54, 1.807) is 0 Å². The Morgan fingerprint density at radius 3 is 2.75 bits per heavy atom. The number of carbonyl (C=O) groups excluding carboxylic acids is 1. The van der Waals surface area contributed by atoms with E-state index in [1.807, 2.05) is 24.3 Å². The number of hydrogen-bond acceptors (Lipinski definition) is 2. The fourth-order valence-corrected chi connectivity index (χ4v) is 2.11. The fourth-order valence-electron chi connectivity index (χ4n) is 1.48. The van der Waals surface area contributed by atoms with Gasteiger partial charge in [-0.25, -0.2) is 0 Å². The zero-order chi connectivity index (χ0) is 11.4. The van der Waals surface area contributed by atoms with Gasteiger partial charge in [-0.2, -0.15) is 0 Å². The smallest absolute Gasteiger partial charge is 0.252 e. The first-order valence-corrected chi connectivity index (χ1v) is 6.61. The molecule has 0 radical (unpaired) electrons. The Morgan fingerprint density at radius 1 is 1.31 bits per heavy atom. The number of hydrogen-bond donors (Lipinski definition) is 2. The van der Waals surface area contributed by atoms with Crippen LogP contribution in [0.15, 0.2) is 24.3 Å². The van der Waals surface area contributed by atoms with E-state index in [0.717, 1.165) is 15.7 Å². The Kier molecular flexibility index (Phi) is 4.17. The highest BCUT2D eigenvalue weighted by molar-refractivity contribution is 14.1. The van der Waals surface area contributed by atoms with Gasteiger partial charge in [0.15, 0.2) is 0 Å². The SMILES string of the molecule is O=C(NCCNC1CC1)c1ccccc1I. The highest BCUT2D eigenvalue weighted by Gasteiger charge is 2.19. The molecule has 0 aliphatic heterocycles. The van der Waals surface area contributed by atoms with E-state index >= 15 is 0 Å². The van der Waals surface area contributed by atoms with Gasteiger partial charge >= 0.3 is 0 Å². The van der Waals surface area contributed by atoms with Crippen LogP contribution in [0.25, 0.3) is 0 Å². The average molecular weight is 330 g/mol. The summed E-state index contributed by atoms with van der Waals surface area (Å²) >= 11 is 2.18. The standard InChI is InChI=1S/C12H15IN2O/c13-11-4-2-1-3-10(11)12(16)15-8-7-14-9-5-6-9/h1-4,9,14H,5-8H2,(H,15,16). The van der Waals surface area contributed by atoms with E-state index in [0.29, 0.717) is 12.6 Å². The Balaban J connectivity index is 1.76. The summed E-state index contributed by atoms with van der Waals surface area (Å²) in [5.41, 5.74) is 0.759. The number of nitrogens with one attached hydrogen (secondary N) is 2. The molecule has 16 heavy (non-hydrogen) atoms. The molecular formula is C12H15IN2O. The van der Waals surface area contributed by atoms with Crippen molar-refractivity contribution in [3.8, 4) is 0 Å². The zero-order valence-corrected chi connectivity index (χ0v) is 11.2. The summed E-state index contributed by atoms with van der Waals surface area (Å²) < 4.78 is 0.993. The third-order valence-electron chi connectivity index (χ3n) is 2.54. The van der Waals surface area contributed by atoms with Gasteiger partial charge in [0, 0.05) is 22.7 Å². The number of halogens is 1. The van der Waals surface area contributed by atoms with Crippen LogP contribution in [0.4, 0.5) is 0 Å². The van der Waals surface area contributed by atoms with Crippen LogP contribution in [-0.2, 0) is 0 Å². The van der Waals surface area contributed by atoms with Crippen LogP contribution >= 0.6 is 22.6 Å². The Bertz CT molecular complexity index is 377. The van der Waals surface area contributed by atoms with E-state index in [9.17, 15) is 4.79 Å². The second-order valence-electron chi connectivity index (χ2n) is 3.96. The molecule has 1 aliphatic rings. The maximum absolute atomic E-state index is 11.8. The summed E-state index contributed by atoms with van der Waals surface area (Å²) in [6, 6.07) is 8.32. The molecule has 3 nitrogen and oxygen atoms in total. The van der Waals surface area contributed by atoms with Crippen LogP contribution in [-0.4, -0.2) is 25.0 Å². The maximum atomic E-state index is 11.8. The zero-order valence-electron chi connectivity index (χ0n) is 9.00. The molecule has 2 rings (SSSR count). The Morgan fingerprint density at radius 2 is 2.06 bits per heavy atom. The number of benzene rings is 1. The Labute approximate surface area is 109 Å². The van der Waals surface area contributed by atoms with Crippen LogP contribution in [0.1, 0.15) is 23.2 Å². The quantitative estimate of drug-likeness (QED) is 0.638. The van der Waals surface area contributed by atoms with Gasteiger partial charge in [0.25, 0.3) is 5.91 Å². The largest absolute Gasteiger partial charge is 0.351 e. The number of rotatable bonds is 5. The first-order valence-electron chi connectivity index (χ1n) is 5.53. The summed E-state index contributed by atoms with van der Waals surface area (Å²) in [7, 11) is 0. The average Bonchev–Trinajstić information content (AvgIpc) is 3.08. The van der Waals surface area contributed by atoms with Crippen LogP contribution in [0.3, 0.4) is 0 Å². The van der Waals surface area contributed by atoms with Gasteiger partial charge in [-0.1, -0.05) is 12.1 Å². The molecule has 1 aliphatic carbocycles. The van der Waals surface area contributed by atoms with E-state index in [1.165, 1.54) is 12.8 Å². The molecule has 0 spiro atoms. The fraction of sp³-hybridized carbons (Fsp3) is 0.417. The van der Waals surface area contributed by atoms with Crippen molar-refractivity contribution in [2.45, 2.75) is 18.9 Å². The van der Waals surface area contributed by atoms with Gasteiger partial charge in [0.2, 0.25) is 0 Å². The molecule has 1 saturated carbocycles. The summed E-state index contributed by atoms with van der Waals surface area (Å²) in [5, 5.41) is 6.28. The van der Waals surface area contributed by atoms with Crippen molar-refractivity contribution in [3.05, 3.63) is 33.4 Å². The summed E-state index contributed by atoms with van der Waals surface area (Å²) in [6.45, 7) is 1.56. The monoisotopic (exact) mass is 330 g/mol. The summed E-state index contributed by atoms with van der Waals surface area (Å²) in [6.07, 6.45) is 2.56. The third-order valence-corrected chi connectivity index (χ3v) is 3.48. The first kappa shape index (κ1) is 11.9. The number of carbonyl (C=O) groups is 1. The van der Waals surface area contributed by atoms with Crippen molar-refractivity contribution < 1.29 is 4.79 Å². The van der Waals surface area contributed by atoms with E-state index in [-0.39, 0.29) is 5.91 Å². The maximum Gasteiger partial charge on any atom is 0.252 e. The minimum absolute atomic E-state index is 0.0163. The van der Waals surface area contributed by atoms with E-state index in [4.69, 9.17) is 0 Å². The van der Waals surface area contributed by atoms with Crippen LogP contribution in [0.2, 0.25) is 0 Å². The molecule has 0 bridgehead atoms. The molecule has 0 heterocycles. The topological polar surface area (TPSA) is 41.1 Å². The predicted molar refractivity (Wildman–Crippen MR) is 72.5 cm³/mol. The van der Waals surface area contributed by atoms with Gasteiger partial charge in [0.05, 0.1) is 5.56 Å². The van der Waals surface area contributed by atoms with Gasteiger partial charge in [0.1, 0.15) is 0 Å². The molecule has 2 N–H and O–H groups in total. The third kappa shape index (κ3) is 3.45. The summed E-state index contributed by atoms with van der Waals surface area (Å²) in [4.78, 5) is 11.8. The lowest BCUT2D eigenvalue weighted by Gasteiger charge is -2.07. The second kappa shape index (κ2) is 5.63. The molecule has 0 atom stereocenters. The Hall–Kier alpha value is -0.620. The van der Waals surface area contributed by atoms with Crippen LogP contribution in [0, 0.1) is 3.57 Å². The highest BCUT2D eigenvalue weighted by Crippen LogP contribution is 2.17. The molecule has 1 aromatic rings. The van der Waals surface area contributed by atoms with Crippen molar-refractivity contribution in [2.75, 3.05) is 13.1 Å². The number of amides is 1. The molecule has 0 unspecified atom stereocenters. The normalized spacial score (nSPS) is 14.8. The van der Waals surface area contributed by atoms with Crippen molar-refractivity contribution >= 4 is 28.5 Å². The molecule has 1 amide bonds. The van der Waals surface area contributed by atoms with Gasteiger partial charge in [-0.05, 0) is 47.6 Å². The van der Waals surface area contributed by atoms with Gasteiger partial charge in [-0.3, -0.25) is 4.79 Å². The lowest BCUT2D eigenvalue weighted by molar-refractivity contribution is 0.0953. The molecule has 1 fully saturated rings. The predicted octanol–water partition coefficient (Wildman–Crippen LogP) is 1.77.